The molecule has 3 N–H and O–H groups in total. The number of urea groups is 1. The van der Waals surface area contributed by atoms with Gasteiger partial charge < -0.3 is 5.32 Å². The standard InChI is InChI=1S/C9H12N4O2/c1-2-10-9(15)13-12-8(14)7-5-3-4-6-11-7/h3-6H,2H2,1H3,(H,12,14)(H2,10,13,15). The van der Waals surface area contributed by atoms with E-state index < -0.39 is 11.9 Å². The van der Waals surface area contributed by atoms with Crippen LogP contribution in [0, 0.1) is 0 Å². The molecular weight excluding hydrogens is 196 g/mol. The molecule has 0 aliphatic carbocycles. The molecule has 0 bridgehead atoms. The third-order valence-corrected chi connectivity index (χ3v) is 1.52. The molecule has 0 atom stereocenters. The fourth-order valence-electron chi connectivity index (χ4n) is 0.879. The van der Waals surface area contributed by atoms with E-state index in [-0.39, 0.29) is 5.69 Å². The number of hydrazine groups is 1. The second-order valence-corrected chi connectivity index (χ2v) is 2.65. The first-order valence-corrected chi connectivity index (χ1v) is 4.49. The Labute approximate surface area is 87.1 Å². The highest BCUT2D eigenvalue weighted by Crippen LogP contribution is 1.91. The molecule has 6 nitrogen and oxygen atoms in total. The summed E-state index contributed by atoms with van der Waals surface area (Å²) >= 11 is 0. The van der Waals surface area contributed by atoms with E-state index in [0.717, 1.165) is 0 Å². The zero-order valence-corrected chi connectivity index (χ0v) is 8.28. The van der Waals surface area contributed by atoms with E-state index in [1.807, 2.05) is 0 Å². The first kappa shape index (κ1) is 11.0. The van der Waals surface area contributed by atoms with Crippen molar-refractivity contribution in [3.63, 3.8) is 0 Å². The summed E-state index contributed by atoms with van der Waals surface area (Å²) in [5.74, 6) is -0.457. The van der Waals surface area contributed by atoms with E-state index in [1.54, 1.807) is 25.1 Å². The summed E-state index contributed by atoms with van der Waals surface area (Å²) in [5, 5.41) is 2.47. The van der Waals surface area contributed by atoms with Crippen LogP contribution in [-0.4, -0.2) is 23.5 Å². The number of carbonyl (C=O) groups excluding carboxylic acids is 2. The number of hydrogen-bond acceptors (Lipinski definition) is 3. The van der Waals surface area contributed by atoms with Crippen LogP contribution in [0.2, 0.25) is 0 Å². The molecule has 1 aromatic rings. The van der Waals surface area contributed by atoms with Gasteiger partial charge in [-0.15, -0.1) is 0 Å². The van der Waals surface area contributed by atoms with Gasteiger partial charge in [-0.3, -0.25) is 15.2 Å². The number of aromatic nitrogens is 1. The summed E-state index contributed by atoms with van der Waals surface area (Å²) in [5.41, 5.74) is 4.66. The van der Waals surface area contributed by atoms with Crippen LogP contribution in [0.5, 0.6) is 0 Å². The highest BCUT2D eigenvalue weighted by Gasteiger charge is 2.06. The SMILES string of the molecule is CCNC(=O)NNC(=O)c1ccccn1. The Hall–Kier alpha value is -2.11. The Morgan fingerprint density at radius 1 is 1.33 bits per heavy atom. The maximum absolute atomic E-state index is 11.3. The van der Waals surface area contributed by atoms with Crippen LogP contribution >= 0.6 is 0 Å². The maximum atomic E-state index is 11.3. The van der Waals surface area contributed by atoms with Crippen LogP contribution in [-0.2, 0) is 0 Å². The van der Waals surface area contributed by atoms with Crippen LogP contribution in [0.3, 0.4) is 0 Å². The molecule has 1 aromatic heterocycles. The van der Waals surface area contributed by atoms with Gasteiger partial charge in [0.2, 0.25) is 0 Å². The van der Waals surface area contributed by atoms with Crippen molar-refractivity contribution in [3.05, 3.63) is 30.1 Å². The normalized spacial score (nSPS) is 9.13. The van der Waals surface area contributed by atoms with Crippen LogP contribution < -0.4 is 16.2 Å². The van der Waals surface area contributed by atoms with E-state index in [0.29, 0.717) is 6.54 Å². The molecule has 6 heteroatoms. The number of rotatable bonds is 2. The predicted octanol–water partition coefficient (Wildman–Crippen LogP) is 0.0455. The molecule has 15 heavy (non-hydrogen) atoms. The van der Waals surface area contributed by atoms with Gasteiger partial charge in [-0.05, 0) is 19.1 Å². The van der Waals surface area contributed by atoms with Gasteiger partial charge in [-0.1, -0.05) is 6.07 Å². The molecule has 80 valence electrons. The Morgan fingerprint density at radius 2 is 2.13 bits per heavy atom. The summed E-state index contributed by atoms with van der Waals surface area (Å²) in [6.07, 6.45) is 1.50. The first-order valence-electron chi connectivity index (χ1n) is 4.49. The number of nitrogens with one attached hydrogen (secondary N) is 3. The lowest BCUT2D eigenvalue weighted by atomic mass is 10.3. The fourth-order valence-corrected chi connectivity index (χ4v) is 0.879. The molecule has 0 fully saturated rings. The van der Waals surface area contributed by atoms with Gasteiger partial charge in [0.25, 0.3) is 5.91 Å². The van der Waals surface area contributed by atoms with Gasteiger partial charge in [-0.25, -0.2) is 10.2 Å². The molecule has 0 aliphatic rings. The van der Waals surface area contributed by atoms with Crippen LogP contribution in [0.15, 0.2) is 24.4 Å². The van der Waals surface area contributed by atoms with Gasteiger partial charge in [0.15, 0.2) is 0 Å². The Bertz CT molecular complexity index is 339. The highest BCUT2D eigenvalue weighted by atomic mass is 16.2. The van der Waals surface area contributed by atoms with Gasteiger partial charge in [0.1, 0.15) is 5.69 Å². The maximum Gasteiger partial charge on any atom is 0.333 e. The van der Waals surface area contributed by atoms with Gasteiger partial charge in [0.05, 0.1) is 0 Å². The molecule has 1 rings (SSSR count). The van der Waals surface area contributed by atoms with Gasteiger partial charge in [-0.2, -0.15) is 0 Å². The lowest BCUT2D eigenvalue weighted by Crippen LogP contribution is -2.47. The van der Waals surface area contributed by atoms with E-state index in [2.05, 4.69) is 21.2 Å². The topological polar surface area (TPSA) is 83.1 Å². The minimum Gasteiger partial charge on any atom is -0.337 e. The van der Waals surface area contributed by atoms with Crippen LogP contribution in [0.25, 0.3) is 0 Å². The average Bonchev–Trinajstić information content (AvgIpc) is 2.27. The molecule has 1 heterocycles. The predicted molar refractivity (Wildman–Crippen MR) is 53.9 cm³/mol. The Morgan fingerprint density at radius 3 is 2.73 bits per heavy atom. The quantitative estimate of drug-likeness (QED) is 0.600. The summed E-state index contributed by atoms with van der Waals surface area (Å²) in [6, 6.07) is 4.48. The first-order chi connectivity index (χ1) is 7.24. The van der Waals surface area contributed by atoms with Crippen molar-refractivity contribution < 1.29 is 9.59 Å². The van der Waals surface area contributed by atoms with Crippen molar-refractivity contribution in [1.82, 2.24) is 21.2 Å². The fraction of sp³-hybridized carbons (Fsp3) is 0.222. The highest BCUT2D eigenvalue weighted by molar-refractivity contribution is 5.93. The second-order valence-electron chi connectivity index (χ2n) is 2.65. The number of hydrogen-bond donors (Lipinski definition) is 3. The molecule has 0 aliphatic heterocycles. The van der Waals surface area contributed by atoms with Gasteiger partial charge in [0, 0.05) is 12.7 Å². The third kappa shape index (κ3) is 3.63. The summed E-state index contributed by atoms with van der Waals surface area (Å²) < 4.78 is 0. The molecule has 0 unspecified atom stereocenters. The van der Waals surface area contributed by atoms with Crippen molar-refractivity contribution in [2.45, 2.75) is 6.92 Å². The minimum absolute atomic E-state index is 0.245. The summed E-state index contributed by atoms with van der Waals surface area (Å²) in [4.78, 5) is 26.1. The van der Waals surface area contributed by atoms with E-state index >= 15 is 0 Å². The number of nitrogens with zero attached hydrogens (tertiary/aromatic N) is 1. The number of pyridine rings is 1. The molecular formula is C9H12N4O2. The van der Waals surface area contributed by atoms with E-state index in [9.17, 15) is 9.59 Å². The molecule has 0 saturated heterocycles. The minimum atomic E-state index is -0.457. The lowest BCUT2D eigenvalue weighted by molar-refractivity contribution is 0.0931. The lowest BCUT2D eigenvalue weighted by Gasteiger charge is -2.06. The largest absolute Gasteiger partial charge is 0.337 e. The van der Waals surface area contributed by atoms with Crippen LogP contribution in [0.1, 0.15) is 17.4 Å². The Balaban J connectivity index is 2.40. The molecule has 0 aromatic carbocycles. The molecule has 0 saturated carbocycles. The van der Waals surface area contributed by atoms with E-state index in [1.165, 1.54) is 6.20 Å². The second kappa shape index (κ2) is 5.58. The smallest absolute Gasteiger partial charge is 0.333 e. The summed E-state index contributed by atoms with van der Waals surface area (Å²) in [6.45, 7) is 2.27. The van der Waals surface area contributed by atoms with Gasteiger partial charge >= 0.3 is 6.03 Å². The van der Waals surface area contributed by atoms with Crippen molar-refractivity contribution in [3.8, 4) is 0 Å². The van der Waals surface area contributed by atoms with E-state index in [4.69, 9.17) is 0 Å². The molecule has 0 spiro atoms. The molecule has 3 amide bonds. The third-order valence-electron chi connectivity index (χ3n) is 1.52. The number of carbonyl (C=O) groups is 2. The number of amides is 3. The monoisotopic (exact) mass is 208 g/mol. The zero-order valence-electron chi connectivity index (χ0n) is 8.28. The Kier molecular flexibility index (Phi) is 4.08. The molecule has 0 radical (unpaired) electrons. The zero-order chi connectivity index (χ0) is 11.1. The van der Waals surface area contributed by atoms with Crippen molar-refractivity contribution >= 4 is 11.9 Å². The van der Waals surface area contributed by atoms with Crippen LogP contribution in [0.4, 0.5) is 4.79 Å². The van der Waals surface area contributed by atoms with Crippen molar-refractivity contribution in [2.75, 3.05) is 6.54 Å². The van der Waals surface area contributed by atoms with Crippen molar-refractivity contribution in [2.24, 2.45) is 0 Å². The van der Waals surface area contributed by atoms with Crippen molar-refractivity contribution in [1.29, 1.82) is 0 Å². The average molecular weight is 208 g/mol. The summed E-state index contributed by atoms with van der Waals surface area (Å²) in [7, 11) is 0.